The van der Waals surface area contributed by atoms with Gasteiger partial charge in [-0.05, 0) is 31.7 Å². The molecule has 1 aromatic rings. The van der Waals surface area contributed by atoms with Gasteiger partial charge in [-0.1, -0.05) is 0 Å². The summed E-state index contributed by atoms with van der Waals surface area (Å²) in [6, 6.07) is 0.992. The Labute approximate surface area is 115 Å². The molecule has 0 radical (unpaired) electrons. The first kappa shape index (κ1) is 14.7. The van der Waals surface area contributed by atoms with E-state index >= 15 is 0 Å². The second kappa shape index (κ2) is 5.03. The van der Waals surface area contributed by atoms with Gasteiger partial charge in [0.2, 0.25) is 0 Å². The molecule has 112 valence electrons. The van der Waals surface area contributed by atoms with Gasteiger partial charge in [0, 0.05) is 19.3 Å². The van der Waals surface area contributed by atoms with Crippen LogP contribution in [0.4, 0.5) is 18.9 Å². The van der Waals surface area contributed by atoms with Gasteiger partial charge in [-0.3, -0.25) is 4.79 Å². The molecular weight excluding hydrogens is 271 g/mol. The van der Waals surface area contributed by atoms with Crippen molar-refractivity contribution in [2.75, 3.05) is 12.3 Å². The van der Waals surface area contributed by atoms with Crippen LogP contribution in [0.1, 0.15) is 30.3 Å². The summed E-state index contributed by atoms with van der Waals surface area (Å²) in [7, 11) is 1.59. The van der Waals surface area contributed by atoms with E-state index in [0.29, 0.717) is 5.69 Å². The molecule has 7 heteroatoms. The van der Waals surface area contributed by atoms with Crippen LogP contribution in [-0.2, 0) is 7.05 Å². The fraction of sp³-hybridized carbons (Fsp3) is 0.615. The van der Waals surface area contributed by atoms with Crippen molar-refractivity contribution in [2.45, 2.75) is 32.0 Å². The maximum Gasteiger partial charge on any atom is 0.406 e. The number of hydrogen-bond donors (Lipinski definition) is 1. The highest BCUT2D eigenvalue weighted by atomic mass is 19.4. The van der Waals surface area contributed by atoms with E-state index < -0.39 is 24.7 Å². The largest absolute Gasteiger partial charge is 0.406 e. The summed E-state index contributed by atoms with van der Waals surface area (Å²) < 4.78 is 39.6. The monoisotopic (exact) mass is 289 g/mol. The Morgan fingerprint density at radius 3 is 2.55 bits per heavy atom. The molecule has 1 aromatic heterocycles. The Morgan fingerprint density at radius 1 is 1.55 bits per heavy atom. The predicted octanol–water partition coefficient (Wildman–Crippen LogP) is 2.41. The fourth-order valence-corrected chi connectivity index (χ4v) is 2.38. The third-order valence-corrected chi connectivity index (χ3v) is 3.65. The molecule has 4 nitrogen and oxygen atoms in total. The molecule has 1 fully saturated rings. The summed E-state index contributed by atoms with van der Waals surface area (Å²) in [5, 5.41) is 0. The number of carbonyl (C=O) groups is 1. The number of halogens is 3. The number of amides is 1. The number of nitrogens with two attached hydrogens (primary N) is 1. The summed E-state index contributed by atoms with van der Waals surface area (Å²) in [6.07, 6.45) is -1.15. The summed E-state index contributed by atoms with van der Waals surface area (Å²) in [4.78, 5) is 13.3. The summed E-state index contributed by atoms with van der Waals surface area (Å²) in [5.41, 5.74) is 6.12. The Hall–Kier alpha value is -1.66. The van der Waals surface area contributed by atoms with E-state index in [0.717, 1.165) is 17.7 Å². The predicted molar refractivity (Wildman–Crippen MR) is 69.1 cm³/mol. The van der Waals surface area contributed by atoms with Gasteiger partial charge in [0.15, 0.2) is 0 Å². The molecule has 20 heavy (non-hydrogen) atoms. The Bertz CT molecular complexity index is 505. The standard InChI is InChI=1S/C13H18F3N3O/c1-8(9-3-4-9)19(7-13(14,15)16)12(20)11-5-10(17)6-18(11)2/h5-6,8-9H,3-4,7,17H2,1-2H3. The van der Waals surface area contributed by atoms with Crippen LogP contribution < -0.4 is 5.73 Å². The minimum atomic E-state index is -4.41. The lowest BCUT2D eigenvalue weighted by Crippen LogP contribution is -2.46. The molecule has 1 amide bonds. The zero-order chi connectivity index (χ0) is 15.1. The molecule has 2 N–H and O–H groups in total. The van der Waals surface area contributed by atoms with Crippen LogP contribution in [0.3, 0.4) is 0 Å². The van der Waals surface area contributed by atoms with E-state index in [1.165, 1.54) is 16.8 Å². The van der Waals surface area contributed by atoms with Crippen molar-refractivity contribution in [3.63, 3.8) is 0 Å². The smallest absolute Gasteiger partial charge is 0.397 e. The maximum absolute atomic E-state index is 12.7. The normalized spacial score (nSPS) is 17.1. The number of carbonyl (C=O) groups excluding carboxylic acids is 1. The highest BCUT2D eigenvalue weighted by Crippen LogP contribution is 2.36. The molecule has 0 bridgehead atoms. The van der Waals surface area contributed by atoms with Gasteiger partial charge in [0.1, 0.15) is 12.2 Å². The molecule has 0 aliphatic heterocycles. The van der Waals surface area contributed by atoms with Crippen LogP contribution in [0.5, 0.6) is 0 Å². The Kier molecular flexibility index (Phi) is 3.71. The number of aromatic nitrogens is 1. The third-order valence-electron chi connectivity index (χ3n) is 3.65. The maximum atomic E-state index is 12.7. The molecule has 1 atom stereocenters. The molecular formula is C13H18F3N3O. The molecule has 1 unspecified atom stereocenters. The SMILES string of the molecule is CC(C1CC1)N(CC(F)(F)F)C(=O)c1cc(N)cn1C. The van der Waals surface area contributed by atoms with E-state index in [1.807, 2.05) is 0 Å². The van der Waals surface area contributed by atoms with Gasteiger partial charge in [0.25, 0.3) is 5.91 Å². The van der Waals surface area contributed by atoms with Crippen molar-refractivity contribution in [3.8, 4) is 0 Å². The number of alkyl halides is 3. The lowest BCUT2D eigenvalue weighted by atomic mass is 10.1. The van der Waals surface area contributed by atoms with Crippen molar-refractivity contribution in [1.29, 1.82) is 0 Å². The number of nitrogen functional groups attached to an aromatic ring is 1. The van der Waals surface area contributed by atoms with E-state index in [9.17, 15) is 18.0 Å². The Balaban J connectivity index is 2.25. The fourth-order valence-electron chi connectivity index (χ4n) is 2.38. The van der Waals surface area contributed by atoms with Gasteiger partial charge in [0.05, 0.1) is 5.69 Å². The van der Waals surface area contributed by atoms with Crippen molar-refractivity contribution >= 4 is 11.6 Å². The van der Waals surface area contributed by atoms with Crippen LogP contribution in [0.2, 0.25) is 0 Å². The first-order chi connectivity index (χ1) is 9.19. The Morgan fingerprint density at radius 2 is 2.15 bits per heavy atom. The van der Waals surface area contributed by atoms with Gasteiger partial charge < -0.3 is 15.2 Å². The molecule has 1 saturated carbocycles. The summed E-state index contributed by atoms with van der Waals surface area (Å²) in [5.74, 6) is -0.458. The van der Waals surface area contributed by atoms with Gasteiger partial charge >= 0.3 is 6.18 Å². The summed E-state index contributed by atoms with van der Waals surface area (Å²) >= 11 is 0. The summed E-state index contributed by atoms with van der Waals surface area (Å²) in [6.45, 7) is 0.447. The topological polar surface area (TPSA) is 51.3 Å². The zero-order valence-electron chi connectivity index (χ0n) is 11.4. The van der Waals surface area contributed by atoms with Crippen LogP contribution in [0.25, 0.3) is 0 Å². The van der Waals surface area contributed by atoms with Crippen molar-refractivity contribution in [2.24, 2.45) is 13.0 Å². The van der Waals surface area contributed by atoms with Crippen molar-refractivity contribution in [1.82, 2.24) is 9.47 Å². The average molecular weight is 289 g/mol. The molecule has 0 aromatic carbocycles. The van der Waals surface area contributed by atoms with E-state index in [2.05, 4.69) is 0 Å². The number of aryl methyl sites for hydroxylation is 1. The highest BCUT2D eigenvalue weighted by molar-refractivity contribution is 5.94. The second-order valence-corrected chi connectivity index (χ2v) is 5.40. The second-order valence-electron chi connectivity index (χ2n) is 5.40. The molecule has 0 saturated heterocycles. The van der Waals surface area contributed by atoms with Crippen LogP contribution >= 0.6 is 0 Å². The van der Waals surface area contributed by atoms with E-state index in [4.69, 9.17) is 5.73 Å². The first-order valence-electron chi connectivity index (χ1n) is 6.48. The molecule has 0 spiro atoms. The molecule has 1 aliphatic carbocycles. The van der Waals surface area contributed by atoms with E-state index in [-0.39, 0.29) is 11.6 Å². The highest BCUT2D eigenvalue weighted by Gasteiger charge is 2.41. The van der Waals surface area contributed by atoms with Crippen LogP contribution in [-0.4, -0.2) is 34.1 Å². The lowest BCUT2D eigenvalue weighted by Gasteiger charge is -2.30. The number of hydrogen-bond acceptors (Lipinski definition) is 2. The van der Waals surface area contributed by atoms with Crippen LogP contribution in [0.15, 0.2) is 12.3 Å². The van der Waals surface area contributed by atoms with Gasteiger partial charge in [-0.15, -0.1) is 0 Å². The van der Waals surface area contributed by atoms with Crippen molar-refractivity contribution < 1.29 is 18.0 Å². The van der Waals surface area contributed by atoms with Crippen LogP contribution in [0, 0.1) is 5.92 Å². The molecule has 2 rings (SSSR count). The molecule has 1 aliphatic rings. The van der Waals surface area contributed by atoms with Gasteiger partial charge in [-0.2, -0.15) is 13.2 Å². The zero-order valence-corrected chi connectivity index (χ0v) is 11.4. The average Bonchev–Trinajstić information content (AvgIpc) is 3.09. The number of anilines is 1. The minimum Gasteiger partial charge on any atom is -0.397 e. The van der Waals surface area contributed by atoms with Crippen molar-refractivity contribution in [3.05, 3.63) is 18.0 Å². The first-order valence-corrected chi connectivity index (χ1v) is 6.48. The molecule has 1 heterocycles. The third kappa shape index (κ3) is 3.26. The van der Waals surface area contributed by atoms with Gasteiger partial charge in [-0.25, -0.2) is 0 Å². The lowest BCUT2D eigenvalue weighted by molar-refractivity contribution is -0.144. The number of rotatable bonds is 4. The minimum absolute atomic E-state index is 0.166. The van der Waals surface area contributed by atoms with E-state index in [1.54, 1.807) is 14.0 Å². The quantitative estimate of drug-likeness (QED) is 0.925. The number of nitrogens with zero attached hydrogens (tertiary/aromatic N) is 2.